The standard InChI is InChI=1S/C23H31N2P/c1-17-14-18(2)21(19(3)15-17)24-12-13-25(16-24)23(26,22(4,5)6)20-10-8-7-9-11-20/h7-15H,16,26H2,1-6H3/t23-/m0/s1. The molecule has 1 aliphatic rings. The van der Waals surface area contributed by atoms with Crippen molar-refractivity contribution < 1.29 is 0 Å². The monoisotopic (exact) mass is 366 g/mol. The Balaban J connectivity index is 1.98. The van der Waals surface area contributed by atoms with Crippen LogP contribution in [0.3, 0.4) is 0 Å². The lowest BCUT2D eigenvalue weighted by atomic mass is 9.80. The highest BCUT2D eigenvalue weighted by atomic mass is 31.0. The first-order valence-corrected chi connectivity index (χ1v) is 9.86. The lowest BCUT2D eigenvalue weighted by Gasteiger charge is -2.49. The first-order chi connectivity index (χ1) is 12.1. The van der Waals surface area contributed by atoms with Crippen LogP contribution in [0.4, 0.5) is 5.69 Å². The van der Waals surface area contributed by atoms with Gasteiger partial charge in [0.2, 0.25) is 0 Å². The minimum absolute atomic E-state index is 0.0523. The van der Waals surface area contributed by atoms with Gasteiger partial charge in [0.15, 0.2) is 0 Å². The predicted molar refractivity (Wildman–Crippen MR) is 116 cm³/mol. The number of hydrogen-bond donors (Lipinski definition) is 0. The van der Waals surface area contributed by atoms with Crippen molar-refractivity contribution in [2.75, 3.05) is 11.6 Å². The van der Waals surface area contributed by atoms with E-state index in [4.69, 9.17) is 0 Å². The molecular weight excluding hydrogens is 335 g/mol. The SMILES string of the molecule is Cc1cc(C)c(N2C=CN([C@](P)(c3ccccc3)C(C)(C)C)C2)c(C)c1. The molecule has 0 bridgehead atoms. The highest BCUT2D eigenvalue weighted by Crippen LogP contribution is 2.51. The second-order valence-electron chi connectivity index (χ2n) is 8.51. The molecule has 1 heterocycles. The molecule has 0 amide bonds. The van der Waals surface area contributed by atoms with Gasteiger partial charge in [0, 0.05) is 18.1 Å². The van der Waals surface area contributed by atoms with Gasteiger partial charge in [0.05, 0.1) is 11.9 Å². The van der Waals surface area contributed by atoms with Crippen LogP contribution in [0.5, 0.6) is 0 Å². The summed E-state index contributed by atoms with van der Waals surface area (Å²) >= 11 is 0. The van der Waals surface area contributed by atoms with E-state index in [9.17, 15) is 0 Å². The molecule has 0 radical (unpaired) electrons. The van der Waals surface area contributed by atoms with Gasteiger partial charge in [0.25, 0.3) is 0 Å². The molecule has 0 saturated heterocycles. The van der Waals surface area contributed by atoms with E-state index in [2.05, 4.69) is 115 Å². The summed E-state index contributed by atoms with van der Waals surface area (Å²) in [4.78, 5) is 4.82. The maximum absolute atomic E-state index is 3.15. The van der Waals surface area contributed by atoms with Crippen LogP contribution in [0.25, 0.3) is 0 Å². The Kier molecular flexibility index (Phi) is 4.92. The van der Waals surface area contributed by atoms with Gasteiger partial charge in [-0.1, -0.05) is 68.8 Å². The predicted octanol–water partition coefficient (Wildman–Crippen LogP) is 5.94. The zero-order chi connectivity index (χ0) is 19.1. The summed E-state index contributed by atoms with van der Waals surface area (Å²) < 4.78 is 0. The highest BCUT2D eigenvalue weighted by Gasteiger charge is 2.45. The van der Waals surface area contributed by atoms with Gasteiger partial charge in [-0.3, -0.25) is 0 Å². The van der Waals surface area contributed by atoms with Crippen molar-refractivity contribution in [3.8, 4) is 0 Å². The molecule has 0 saturated carbocycles. The molecule has 0 spiro atoms. The van der Waals surface area contributed by atoms with Crippen molar-refractivity contribution >= 4 is 14.9 Å². The van der Waals surface area contributed by atoms with Crippen LogP contribution in [0, 0.1) is 26.2 Å². The van der Waals surface area contributed by atoms with Gasteiger partial charge in [0.1, 0.15) is 0 Å². The minimum Gasteiger partial charge on any atom is -0.345 e. The van der Waals surface area contributed by atoms with Crippen LogP contribution < -0.4 is 4.90 Å². The Morgan fingerprint density at radius 1 is 0.885 bits per heavy atom. The normalized spacial score (nSPS) is 16.9. The summed E-state index contributed by atoms with van der Waals surface area (Å²) in [5.41, 5.74) is 6.68. The highest BCUT2D eigenvalue weighted by molar-refractivity contribution is 7.18. The van der Waals surface area contributed by atoms with Crippen molar-refractivity contribution in [3.63, 3.8) is 0 Å². The summed E-state index contributed by atoms with van der Waals surface area (Å²) in [6.45, 7) is 14.4. The van der Waals surface area contributed by atoms with E-state index in [0.29, 0.717) is 0 Å². The van der Waals surface area contributed by atoms with Gasteiger partial charge in [-0.25, -0.2) is 0 Å². The van der Waals surface area contributed by atoms with E-state index < -0.39 is 0 Å². The molecule has 1 aliphatic heterocycles. The second-order valence-corrected chi connectivity index (χ2v) is 9.34. The zero-order valence-corrected chi connectivity index (χ0v) is 18.0. The molecule has 2 aromatic rings. The van der Waals surface area contributed by atoms with Crippen LogP contribution >= 0.6 is 9.24 Å². The molecule has 0 N–H and O–H groups in total. The molecule has 2 aromatic carbocycles. The Bertz CT molecular complexity index is 797. The zero-order valence-electron chi connectivity index (χ0n) is 16.9. The van der Waals surface area contributed by atoms with Gasteiger partial charge in [-0.05, 0) is 42.9 Å². The number of aryl methyl sites for hydroxylation is 3. The molecule has 3 heteroatoms. The third-order valence-electron chi connectivity index (χ3n) is 5.46. The molecule has 2 nitrogen and oxygen atoms in total. The van der Waals surface area contributed by atoms with E-state index >= 15 is 0 Å². The smallest absolute Gasteiger partial charge is 0.0953 e. The molecule has 26 heavy (non-hydrogen) atoms. The van der Waals surface area contributed by atoms with Crippen LogP contribution in [-0.2, 0) is 5.28 Å². The Morgan fingerprint density at radius 2 is 1.46 bits per heavy atom. The minimum atomic E-state index is -0.175. The van der Waals surface area contributed by atoms with E-state index in [1.54, 1.807) is 0 Å². The molecule has 0 fully saturated rings. The third-order valence-corrected chi connectivity index (χ3v) is 7.00. The van der Waals surface area contributed by atoms with Crippen molar-refractivity contribution in [2.24, 2.45) is 5.41 Å². The molecular formula is C23H31N2P. The first kappa shape index (κ1) is 19.0. The summed E-state index contributed by atoms with van der Waals surface area (Å²) in [6.07, 6.45) is 4.46. The van der Waals surface area contributed by atoms with Crippen molar-refractivity contribution in [3.05, 3.63) is 77.1 Å². The molecule has 0 aromatic heterocycles. The summed E-state index contributed by atoms with van der Waals surface area (Å²) in [7, 11) is 3.15. The molecule has 138 valence electrons. The maximum Gasteiger partial charge on any atom is 0.0953 e. The average Bonchev–Trinajstić information content (AvgIpc) is 3.02. The number of hydrogen-bond acceptors (Lipinski definition) is 2. The average molecular weight is 366 g/mol. The van der Waals surface area contributed by atoms with Crippen LogP contribution in [0.1, 0.15) is 43.0 Å². The van der Waals surface area contributed by atoms with Gasteiger partial charge < -0.3 is 9.80 Å². The lowest BCUT2D eigenvalue weighted by Crippen LogP contribution is -2.48. The van der Waals surface area contributed by atoms with Crippen molar-refractivity contribution in [2.45, 2.75) is 46.8 Å². The number of anilines is 1. The van der Waals surface area contributed by atoms with Crippen LogP contribution in [-0.4, -0.2) is 11.6 Å². The number of benzene rings is 2. The Labute approximate surface area is 161 Å². The summed E-state index contributed by atoms with van der Waals surface area (Å²) in [5.74, 6) is 0. The van der Waals surface area contributed by atoms with Crippen LogP contribution in [0.15, 0.2) is 54.9 Å². The largest absolute Gasteiger partial charge is 0.345 e. The Hall–Kier alpha value is -1.79. The fourth-order valence-corrected chi connectivity index (χ4v) is 4.50. The quantitative estimate of drug-likeness (QED) is 0.621. The number of nitrogens with zero attached hydrogens (tertiary/aromatic N) is 2. The topological polar surface area (TPSA) is 6.48 Å². The van der Waals surface area contributed by atoms with E-state index in [1.807, 2.05) is 0 Å². The second kappa shape index (κ2) is 6.74. The van der Waals surface area contributed by atoms with E-state index in [-0.39, 0.29) is 10.7 Å². The fraction of sp³-hybridized carbons (Fsp3) is 0.391. The lowest BCUT2D eigenvalue weighted by molar-refractivity contribution is 0.120. The molecule has 3 rings (SSSR count). The van der Waals surface area contributed by atoms with Gasteiger partial charge >= 0.3 is 0 Å². The summed E-state index contributed by atoms with van der Waals surface area (Å²) in [5, 5.41) is -0.175. The van der Waals surface area contributed by atoms with E-state index in [0.717, 1.165) is 6.67 Å². The molecule has 2 atom stereocenters. The van der Waals surface area contributed by atoms with Crippen LogP contribution in [0.2, 0.25) is 0 Å². The van der Waals surface area contributed by atoms with Gasteiger partial charge in [-0.2, -0.15) is 0 Å². The third kappa shape index (κ3) is 3.16. The van der Waals surface area contributed by atoms with Crippen molar-refractivity contribution in [1.29, 1.82) is 0 Å². The van der Waals surface area contributed by atoms with Gasteiger partial charge in [-0.15, -0.1) is 9.24 Å². The van der Waals surface area contributed by atoms with E-state index in [1.165, 1.54) is 27.9 Å². The number of rotatable bonds is 3. The molecule has 1 unspecified atom stereocenters. The fourth-order valence-electron chi connectivity index (χ4n) is 4.14. The van der Waals surface area contributed by atoms with Crippen molar-refractivity contribution in [1.82, 2.24) is 4.90 Å². The maximum atomic E-state index is 3.15. The first-order valence-electron chi connectivity index (χ1n) is 9.28. The summed E-state index contributed by atoms with van der Waals surface area (Å²) in [6, 6.07) is 15.4. The Morgan fingerprint density at radius 3 is 2.00 bits per heavy atom. The molecule has 0 aliphatic carbocycles.